The average molecular weight is 410 g/mol. The molecule has 0 aliphatic rings. The molecule has 0 spiro atoms. The second-order valence-electron chi connectivity index (χ2n) is 7.38. The highest BCUT2D eigenvalue weighted by atomic mass is 32.2. The molecule has 0 radical (unpaired) electrons. The highest BCUT2D eigenvalue weighted by Crippen LogP contribution is 2.13. The van der Waals surface area contributed by atoms with Gasteiger partial charge in [-0.1, -0.05) is 70.8 Å². The summed E-state index contributed by atoms with van der Waals surface area (Å²) in [5, 5.41) is 18.1. The van der Waals surface area contributed by atoms with Gasteiger partial charge in [-0.25, -0.2) is 8.42 Å². The van der Waals surface area contributed by atoms with Crippen molar-refractivity contribution in [2.45, 2.75) is 103 Å². The molecule has 0 N–H and O–H groups in total. The number of hydrogen-bond donors (Lipinski definition) is 0. The first-order chi connectivity index (χ1) is 13.6. The lowest BCUT2D eigenvalue weighted by atomic mass is 10.1. The van der Waals surface area contributed by atoms with Gasteiger partial charge in [-0.2, -0.15) is 14.8 Å². The zero-order valence-electron chi connectivity index (χ0n) is 17.6. The summed E-state index contributed by atoms with van der Waals surface area (Å²) in [4.78, 5) is 0. The van der Waals surface area contributed by atoms with E-state index in [0.29, 0.717) is 25.9 Å². The molecular weight excluding hydrogens is 370 g/mol. The predicted molar refractivity (Wildman–Crippen MR) is 116 cm³/mol. The predicted octanol–water partition coefficient (Wildman–Crippen LogP) is 6.05. The van der Waals surface area contributed by atoms with Crippen molar-refractivity contribution in [2.24, 2.45) is 0 Å². The molecule has 28 heavy (non-hydrogen) atoms. The highest BCUT2D eigenvalue weighted by Gasteiger charge is 2.17. The van der Waals surface area contributed by atoms with E-state index >= 15 is 0 Å². The second-order valence-corrected chi connectivity index (χ2v) is 9.26. The standard InChI is InChI=1S/C22H39N3O2S/c1-2-28(26,27)25(21-17-13-9-5-3-7-11-15-19-23)22-18-14-10-6-4-8-12-16-20-24/h2H,1,3-18,21-22H2. The summed E-state index contributed by atoms with van der Waals surface area (Å²) < 4.78 is 26.0. The molecule has 5 nitrogen and oxygen atoms in total. The van der Waals surface area contributed by atoms with E-state index in [9.17, 15) is 8.42 Å². The summed E-state index contributed by atoms with van der Waals surface area (Å²) in [6.07, 6.45) is 16.3. The van der Waals surface area contributed by atoms with Crippen molar-refractivity contribution in [1.29, 1.82) is 10.5 Å². The van der Waals surface area contributed by atoms with Gasteiger partial charge in [-0.15, -0.1) is 0 Å². The van der Waals surface area contributed by atoms with Crippen LogP contribution in [0.3, 0.4) is 0 Å². The fourth-order valence-electron chi connectivity index (χ4n) is 3.22. The Balaban J connectivity index is 3.87. The molecule has 6 heteroatoms. The lowest BCUT2D eigenvalue weighted by Crippen LogP contribution is -2.31. The van der Waals surface area contributed by atoms with Crippen molar-refractivity contribution >= 4 is 10.0 Å². The van der Waals surface area contributed by atoms with Gasteiger partial charge in [0.2, 0.25) is 10.0 Å². The molecule has 0 aromatic rings. The van der Waals surface area contributed by atoms with Gasteiger partial charge in [-0.05, 0) is 25.7 Å². The number of nitrogens with zero attached hydrogens (tertiary/aromatic N) is 3. The van der Waals surface area contributed by atoms with E-state index in [-0.39, 0.29) is 0 Å². The maximum absolute atomic E-state index is 12.2. The Hall–Kier alpha value is -1.37. The van der Waals surface area contributed by atoms with Gasteiger partial charge in [0.25, 0.3) is 0 Å². The van der Waals surface area contributed by atoms with E-state index in [2.05, 4.69) is 18.7 Å². The molecule has 0 saturated carbocycles. The first-order valence-corrected chi connectivity index (χ1v) is 12.4. The molecule has 0 aliphatic carbocycles. The third-order valence-corrected chi connectivity index (χ3v) is 6.47. The van der Waals surface area contributed by atoms with E-state index in [1.54, 1.807) is 4.31 Å². The molecule has 0 saturated heterocycles. The first-order valence-electron chi connectivity index (χ1n) is 10.9. The molecule has 0 amide bonds. The van der Waals surface area contributed by atoms with Crippen LogP contribution in [0.5, 0.6) is 0 Å². The van der Waals surface area contributed by atoms with Gasteiger partial charge in [0.15, 0.2) is 0 Å². The average Bonchev–Trinajstić information content (AvgIpc) is 2.69. The van der Waals surface area contributed by atoms with Crippen LogP contribution in [0.25, 0.3) is 0 Å². The Morgan fingerprint density at radius 2 is 0.964 bits per heavy atom. The van der Waals surface area contributed by atoms with Crippen molar-refractivity contribution in [3.63, 3.8) is 0 Å². The molecule has 0 fully saturated rings. The number of hydrogen-bond acceptors (Lipinski definition) is 4. The molecule has 0 aliphatic heterocycles. The molecule has 0 aromatic heterocycles. The number of nitriles is 2. The van der Waals surface area contributed by atoms with Gasteiger partial charge in [0, 0.05) is 31.3 Å². The Bertz CT molecular complexity index is 529. The van der Waals surface area contributed by atoms with E-state index < -0.39 is 10.0 Å². The van der Waals surface area contributed by atoms with Crippen LogP contribution in [0.15, 0.2) is 12.0 Å². The Labute approximate surface area is 173 Å². The quantitative estimate of drug-likeness (QED) is 0.229. The maximum Gasteiger partial charge on any atom is 0.235 e. The lowest BCUT2D eigenvalue weighted by Gasteiger charge is -2.20. The Morgan fingerprint density at radius 3 is 1.29 bits per heavy atom. The van der Waals surface area contributed by atoms with Crippen LogP contribution in [0, 0.1) is 22.7 Å². The van der Waals surface area contributed by atoms with Gasteiger partial charge >= 0.3 is 0 Å². The summed E-state index contributed by atoms with van der Waals surface area (Å²) in [6.45, 7) is 4.62. The monoisotopic (exact) mass is 409 g/mol. The van der Waals surface area contributed by atoms with Crippen LogP contribution < -0.4 is 0 Å². The molecule has 0 atom stereocenters. The third kappa shape index (κ3) is 15.7. The minimum Gasteiger partial charge on any atom is -0.208 e. The second kappa shape index (κ2) is 19.0. The van der Waals surface area contributed by atoms with Crippen molar-refractivity contribution in [1.82, 2.24) is 4.31 Å². The van der Waals surface area contributed by atoms with Crippen molar-refractivity contribution in [2.75, 3.05) is 13.1 Å². The molecule has 0 unspecified atom stereocenters. The molecule has 0 aromatic carbocycles. The summed E-state index contributed by atoms with van der Waals surface area (Å²) in [5.41, 5.74) is 0. The van der Waals surface area contributed by atoms with E-state index in [1.807, 2.05) is 0 Å². The Kier molecular flexibility index (Phi) is 18.0. The third-order valence-electron chi connectivity index (χ3n) is 4.96. The number of unbranched alkanes of at least 4 members (excludes halogenated alkanes) is 14. The van der Waals surface area contributed by atoms with Crippen LogP contribution >= 0.6 is 0 Å². The zero-order valence-corrected chi connectivity index (χ0v) is 18.4. The summed E-state index contributed by atoms with van der Waals surface area (Å²) in [6, 6.07) is 4.34. The van der Waals surface area contributed by atoms with Crippen LogP contribution in [0.1, 0.15) is 103 Å². The SMILES string of the molecule is C=CS(=O)(=O)N(CCCCCCCCCC#N)CCCCCCCCCC#N. The Morgan fingerprint density at radius 1 is 0.643 bits per heavy atom. The largest absolute Gasteiger partial charge is 0.235 e. The van der Waals surface area contributed by atoms with Crippen LogP contribution in [0.2, 0.25) is 0 Å². The maximum atomic E-state index is 12.2. The van der Waals surface area contributed by atoms with Crippen molar-refractivity contribution < 1.29 is 8.42 Å². The fourth-order valence-corrected chi connectivity index (χ4v) is 4.20. The summed E-state index contributed by atoms with van der Waals surface area (Å²) in [5.74, 6) is 0. The molecular formula is C22H39N3O2S. The topological polar surface area (TPSA) is 85.0 Å². The fraction of sp³-hybridized carbons (Fsp3) is 0.818. The minimum absolute atomic E-state index is 0.580. The van der Waals surface area contributed by atoms with Gasteiger partial charge in [-0.3, -0.25) is 0 Å². The molecule has 0 bridgehead atoms. The van der Waals surface area contributed by atoms with E-state index in [0.717, 1.165) is 95.3 Å². The van der Waals surface area contributed by atoms with Crippen molar-refractivity contribution in [3.05, 3.63) is 12.0 Å². The normalized spacial score (nSPS) is 11.2. The minimum atomic E-state index is -3.34. The van der Waals surface area contributed by atoms with Gasteiger partial charge in [0.05, 0.1) is 12.1 Å². The van der Waals surface area contributed by atoms with Crippen LogP contribution in [-0.4, -0.2) is 25.8 Å². The van der Waals surface area contributed by atoms with Gasteiger partial charge in [0.1, 0.15) is 0 Å². The smallest absolute Gasteiger partial charge is 0.208 e. The first kappa shape index (κ1) is 26.6. The summed E-state index contributed by atoms with van der Waals surface area (Å²) in [7, 11) is -3.34. The van der Waals surface area contributed by atoms with Crippen molar-refractivity contribution in [3.8, 4) is 12.1 Å². The molecule has 0 rings (SSSR count). The lowest BCUT2D eigenvalue weighted by molar-refractivity contribution is 0.388. The number of rotatable bonds is 20. The molecule has 160 valence electrons. The molecule has 0 heterocycles. The summed E-state index contributed by atoms with van der Waals surface area (Å²) >= 11 is 0. The van der Waals surface area contributed by atoms with E-state index in [1.165, 1.54) is 0 Å². The zero-order chi connectivity index (χ0) is 20.9. The highest BCUT2D eigenvalue weighted by molar-refractivity contribution is 7.92. The van der Waals surface area contributed by atoms with Crippen LogP contribution in [-0.2, 0) is 10.0 Å². The van der Waals surface area contributed by atoms with Gasteiger partial charge < -0.3 is 0 Å². The van der Waals surface area contributed by atoms with E-state index in [4.69, 9.17) is 10.5 Å². The van der Waals surface area contributed by atoms with Crippen LogP contribution in [0.4, 0.5) is 0 Å². The number of sulfonamides is 1.